The third kappa shape index (κ3) is 3.28. The molecule has 6 heteroatoms. The molecule has 0 saturated carbocycles. The molecule has 3 rings (SSSR count). The fourth-order valence-corrected chi connectivity index (χ4v) is 2.53. The highest BCUT2D eigenvalue weighted by Gasteiger charge is 2.25. The molecule has 0 bridgehead atoms. The van der Waals surface area contributed by atoms with Gasteiger partial charge in [-0.3, -0.25) is 4.90 Å². The van der Waals surface area contributed by atoms with Crippen LogP contribution in [-0.4, -0.2) is 47.5 Å². The van der Waals surface area contributed by atoms with Crippen molar-refractivity contribution in [1.29, 1.82) is 0 Å². The summed E-state index contributed by atoms with van der Waals surface area (Å²) in [6.07, 6.45) is 0.236. The van der Waals surface area contributed by atoms with Crippen LogP contribution in [0.4, 0.5) is 0 Å². The highest BCUT2D eigenvalue weighted by Crippen LogP contribution is 2.22. The normalized spacial score (nSPS) is 22.7. The molecule has 0 spiro atoms. The average Bonchev–Trinajstić information content (AvgIpc) is 2.99. The highest BCUT2D eigenvalue weighted by atomic mass is 16.5. The zero-order chi connectivity index (χ0) is 15.5. The Kier molecular flexibility index (Phi) is 4.40. The van der Waals surface area contributed by atoms with Crippen LogP contribution >= 0.6 is 0 Å². The van der Waals surface area contributed by atoms with E-state index in [1.807, 2.05) is 24.3 Å². The van der Waals surface area contributed by atoms with Crippen molar-refractivity contribution >= 4 is 0 Å². The molecule has 0 aliphatic carbocycles. The van der Waals surface area contributed by atoms with Crippen molar-refractivity contribution in [2.45, 2.75) is 32.5 Å². The standard InChI is InChI=1S/C16H21N3O3/c1-11-10-21-12(2)8-19(11)9-15-17-18-16(22-15)13-4-6-14(20-3)7-5-13/h4-7,11-12H,8-10H2,1-3H3/t11-,12-/m0/s1. The van der Waals surface area contributed by atoms with Crippen LogP contribution in [0.5, 0.6) is 5.75 Å². The summed E-state index contributed by atoms with van der Waals surface area (Å²) in [7, 11) is 1.64. The van der Waals surface area contributed by atoms with Crippen molar-refractivity contribution in [1.82, 2.24) is 15.1 Å². The molecule has 6 nitrogen and oxygen atoms in total. The van der Waals surface area contributed by atoms with Crippen molar-refractivity contribution in [3.05, 3.63) is 30.2 Å². The van der Waals surface area contributed by atoms with Gasteiger partial charge in [0.1, 0.15) is 5.75 Å². The van der Waals surface area contributed by atoms with Crippen LogP contribution < -0.4 is 4.74 Å². The van der Waals surface area contributed by atoms with Crippen LogP contribution in [0.25, 0.3) is 11.5 Å². The lowest BCUT2D eigenvalue weighted by Crippen LogP contribution is -2.46. The van der Waals surface area contributed by atoms with Crippen LogP contribution in [0.2, 0.25) is 0 Å². The number of methoxy groups -OCH3 is 1. The minimum atomic E-state index is 0.236. The zero-order valence-electron chi connectivity index (χ0n) is 13.2. The van der Waals surface area contributed by atoms with Gasteiger partial charge in [0.2, 0.25) is 11.8 Å². The van der Waals surface area contributed by atoms with E-state index in [0.29, 0.717) is 24.4 Å². The van der Waals surface area contributed by atoms with E-state index in [9.17, 15) is 0 Å². The molecule has 1 saturated heterocycles. The molecule has 1 aromatic carbocycles. The molecule has 2 atom stereocenters. The molecule has 1 fully saturated rings. The Hall–Kier alpha value is -1.92. The maximum Gasteiger partial charge on any atom is 0.247 e. The summed E-state index contributed by atoms with van der Waals surface area (Å²) < 4.78 is 16.6. The lowest BCUT2D eigenvalue weighted by Gasteiger charge is -2.35. The SMILES string of the molecule is COc1ccc(-c2nnc(CN3C[C@H](C)OC[C@@H]3C)o2)cc1. The average molecular weight is 303 g/mol. The summed E-state index contributed by atoms with van der Waals surface area (Å²) >= 11 is 0. The molecule has 0 amide bonds. The number of hydrogen-bond donors (Lipinski definition) is 0. The van der Waals surface area contributed by atoms with Crippen LogP contribution in [0.15, 0.2) is 28.7 Å². The van der Waals surface area contributed by atoms with E-state index in [0.717, 1.165) is 24.5 Å². The molecule has 2 heterocycles. The Balaban J connectivity index is 1.70. The summed E-state index contributed by atoms with van der Waals surface area (Å²) in [5, 5.41) is 8.29. The molecular formula is C16H21N3O3. The zero-order valence-corrected chi connectivity index (χ0v) is 13.2. The van der Waals surface area contributed by atoms with E-state index in [1.165, 1.54) is 0 Å². The molecule has 0 radical (unpaired) electrons. The van der Waals surface area contributed by atoms with Gasteiger partial charge in [0.15, 0.2) is 0 Å². The van der Waals surface area contributed by atoms with Crippen LogP contribution in [0.3, 0.4) is 0 Å². The van der Waals surface area contributed by atoms with Gasteiger partial charge in [0.05, 0.1) is 26.4 Å². The first kappa shape index (κ1) is 15.0. The minimum Gasteiger partial charge on any atom is -0.497 e. The number of ether oxygens (including phenoxy) is 2. The van der Waals surface area contributed by atoms with E-state index in [1.54, 1.807) is 7.11 Å². The van der Waals surface area contributed by atoms with Gasteiger partial charge in [-0.25, -0.2) is 0 Å². The first-order valence-corrected chi connectivity index (χ1v) is 7.48. The van der Waals surface area contributed by atoms with E-state index in [-0.39, 0.29) is 6.10 Å². The van der Waals surface area contributed by atoms with Crippen molar-refractivity contribution < 1.29 is 13.9 Å². The summed E-state index contributed by atoms with van der Waals surface area (Å²) in [5.74, 6) is 1.97. The summed E-state index contributed by atoms with van der Waals surface area (Å²) in [5.41, 5.74) is 0.892. The summed E-state index contributed by atoms with van der Waals surface area (Å²) in [4.78, 5) is 2.31. The maximum atomic E-state index is 5.78. The maximum absolute atomic E-state index is 5.78. The topological polar surface area (TPSA) is 60.6 Å². The van der Waals surface area contributed by atoms with E-state index in [2.05, 4.69) is 28.9 Å². The molecule has 1 aromatic heterocycles. The number of aromatic nitrogens is 2. The third-order valence-electron chi connectivity index (χ3n) is 3.88. The van der Waals surface area contributed by atoms with Gasteiger partial charge >= 0.3 is 0 Å². The molecular weight excluding hydrogens is 282 g/mol. The highest BCUT2D eigenvalue weighted by molar-refractivity contribution is 5.53. The van der Waals surface area contributed by atoms with Crippen LogP contribution in [0.1, 0.15) is 19.7 Å². The van der Waals surface area contributed by atoms with Gasteiger partial charge in [-0.2, -0.15) is 0 Å². The van der Waals surface area contributed by atoms with Crippen LogP contribution in [-0.2, 0) is 11.3 Å². The Morgan fingerprint density at radius 3 is 2.73 bits per heavy atom. The first-order valence-electron chi connectivity index (χ1n) is 7.48. The van der Waals surface area contributed by atoms with E-state index >= 15 is 0 Å². The van der Waals surface area contributed by atoms with Gasteiger partial charge in [0, 0.05) is 18.2 Å². The smallest absolute Gasteiger partial charge is 0.247 e. The van der Waals surface area contributed by atoms with Crippen LogP contribution in [0, 0.1) is 0 Å². The Morgan fingerprint density at radius 2 is 2.00 bits per heavy atom. The van der Waals surface area contributed by atoms with Gasteiger partial charge in [0.25, 0.3) is 0 Å². The first-order chi connectivity index (χ1) is 10.7. The summed E-state index contributed by atoms with van der Waals surface area (Å²) in [6.45, 7) is 6.49. The number of morpholine rings is 1. The lowest BCUT2D eigenvalue weighted by atomic mass is 10.2. The van der Waals surface area contributed by atoms with E-state index < -0.39 is 0 Å². The second-order valence-electron chi connectivity index (χ2n) is 5.65. The second-order valence-corrected chi connectivity index (χ2v) is 5.65. The Morgan fingerprint density at radius 1 is 1.23 bits per heavy atom. The number of benzene rings is 1. The Bertz CT molecular complexity index is 611. The predicted octanol–water partition coefficient (Wildman–Crippen LogP) is 2.35. The van der Waals surface area contributed by atoms with Crippen molar-refractivity contribution in [3.8, 4) is 17.2 Å². The van der Waals surface area contributed by atoms with E-state index in [4.69, 9.17) is 13.9 Å². The van der Waals surface area contributed by atoms with Crippen molar-refractivity contribution in [3.63, 3.8) is 0 Å². The largest absolute Gasteiger partial charge is 0.497 e. The molecule has 2 aromatic rings. The van der Waals surface area contributed by atoms with Crippen molar-refractivity contribution in [2.24, 2.45) is 0 Å². The molecule has 22 heavy (non-hydrogen) atoms. The number of rotatable bonds is 4. The minimum absolute atomic E-state index is 0.236. The number of nitrogens with zero attached hydrogens (tertiary/aromatic N) is 3. The third-order valence-corrected chi connectivity index (χ3v) is 3.88. The second kappa shape index (κ2) is 6.46. The Labute approximate surface area is 130 Å². The quantitative estimate of drug-likeness (QED) is 0.864. The monoisotopic (exact) mass is 303 g/mol. The predicted molar refractivity (Wildman–Crippen MR) is 81.6 cm³/mol. The lowest BCUT2D eigenvalue weighted by molar-refractivity contribution is -0.0550. The summed E-state index contributed by atoms with van der Waals surface area (Å²) in [6, 6.07) is 7.94. The fourth-order valence-electron chi connectivity index (χ4n) is 2.53. The van der Waals surface area contributed by atoms with Gasteiger partial charge < -0.3 is 13.9 Å². The molecule has 118 valence electrons. The molecule has 0 unspecified atom stereocenters. The van der Waals surface area contributed by atoms with Crippen molar-refractivity contribution in [2.75, 3.05) is 20.3 Å². The fraction of sp³-hybridized carbons (Fsp3) is 0.500. The van der Waals surface area contributed by atoms with Gasteiger partial charge in [-0.15, -0.1) is 10.2 Å². The van der Waals surface area contributed by atoms with Gasteiger partial charge in [-0.1, -0.05) is 0 Å². The number of hydrogen-bond acceptors (Lipinski definition) is 6. The molecule has 0 N–H and O–H groups in total. The van der Waals surface area contributed by atoms with Gasteiger partial charge in [-0.05, 0) is 38.1 Å². The molecule has 1 aliphatic heterocycles. The molecule has 1 aliphatic rings.